The van der Waals surface area contributed by atoms with Gasteiger partial charge in [-0.2, -0.15) is 0 Å². The largest absolute Gasteiger partial charge is 0.493 e. The van der Waals surface area contributed by atoms with Crippen LogP contribution in [0.4, 0.5) is 0 Å². The van der Waals surface area contributed by atoms with E-state index in [2.05, 4.69) is 0 Å². The van der Waals surface area contributed by atoms with E-state index in [0.29, 0.717) is 30.3 Å². The van der Waals surface area contributed by atoms with Crippen molar-refractivity contribution in [2.45, 2.75) is 19.8 Å². The average Bonchev–Trinajstić information content (AvgIpc) is 2.71. The summed E-state index contributed by atoms with van der Waals surface area (Å²) in [6.07, 6.45) is 5.61. The van der Waals surface area contributed by atoms with Crippen LogP contribution in [0.15, 0.2) is 48.5 Å². The van der Waals surface area contributed by atoms with Gasteiger partial charge in [-0.15, -0.1) is 0 Å². The molecule has 0 atom stereocenters. The fraction of sp³-hybridized carbons (Fsp3) is 0.318. The van der Waals surface area contributed by atoms with Crippen LogP contribution >= 0.6 is 0 Å². The molecule has 0 saturated heterocycles. The first-order valence-corrected chi connectivity index (χ1v) is 8.93. The summed E-state index contributed by atoms with van der Waals surface area (Å²) in [6.45, 7) is 3.03. The third-order valence-electron chi connectivity index (χ3n) is 3.89. The molecule has 144 valence electrons. The summed E-state index contributed by atoms with van der Waals surface area (Å²) < 4.78 is 21.7. The van der Waals surface area contributed by atoms with Gasteiger partial charge in [0.05, 0.1) is 27.4 Å². The Morgan fingerprint density at radius 3 is 2.30 bits per heavy atom. The van der Waals surface area contributed by atoms with E-state index in [-0.39, 0.29) is 0 Å². The summed E-state index contributed by atoms with van der Waals surface area (Å²) >= 11 is 0. The predicted molar refractivity (Wildman–Crippen MR) is 106 cm³/mol. The minimum atomic E-state index is -0.401. The molecule has 0 aliphatic heterocycles. The number of ether oxygens (including phenoxy) is 4. The van der Waals surface area contributed by atoms with Crippen LogP contribution in [0.2, 0.25) is 0 Å². The van der Waals surface area contributed by atoms with Crippen molar-refractivity contribution in [1.29, 1.82) is 0 Å². The lowest BCUT2D eigenvalue weighted by atomic mass is 10.2. The van der Waals surface area contributed by atoms with Crippen molar-refractivity contribution < 1.29 is 23.7 Å². The highest BCUT2D eigenvalue weighted by Crippen LogP contribution is 2.28. The Bertz CT molecular complexity index is 767. The van der Waals surface area contributed by atoms with Crippen molar-refractivity contribution in [2.24, 2.45) is 0 Å². The number of para-hydroxylation sites is 1. The molecule has 0 N–H and O–H groups in total. The number of carbonyl (C=O) groups excluding carboxylic acids is 1. The predicted octanol–water partition coefficient (Wildman–Crippen LogP) is 4.75. The summed E-state index contributed by atoms with van der Waals surface area (Å²) in [6, 6.07) is 12.9. The summed E-state index contributed by atoms with van der Waals surface area (Å²) in [5.41, 5.74) is 1.50. The molecule has 0 aliphatic carbocycles. The highest BCUT2D eigenvalue weighted by molar-refractivity contribution is 5.92. The Labute approximate surface area is 160 Å². The lowest BCUT2D eigenvalue weighted by Crippen LogP contribution is -2.07. The monoisotopic (exact) mass is 370 g/mol. The lowest BCUT2D eigenvalue weighted by Gasteiger charge is -2.12. The normalized spacial score (nSPS) is 10.6. The van der Waals surface area contributed by atoms with E-state index < -0.39 is 5.97 Å². The van der Waals surface area contributed by atoms with Gasteiger partial charge in [-0.25, -0.2) is 4.79 Å². The molecule has 0 aliphatic rings. The number of hydrogen-bond acceptors (Lipinski definition) is 5. The number of hydrogen-bond donors (Lipinski definition) is 0. The Morgan fingerprint density at radius 1 is 0.926 bits per heavy atom. The Kier molecular flexibility index (Phi) is 8.23. The number of carbonyl (C=O) groups is 1. The molecular weight excluding hydrogens is 344 g/mol. The summed E-state index contributed by atoms with van der Waals surface area (Å²) in [5.74, 6) is 1.57. The molecule has 2 aromatic rings. The molecule has 0 bridgehead atoms. The van der Waals surface area contributed by atoms with Gasteiger partial charge in [-0.1, -0.05) is 30.4 Å². The molecule has 5 nitrogen and oxygen atoms in total. The Balaban J connectivity index is 1.78. The fourth-order valence-corrected chi connectivity index (χ4v) is 2.54. The van der Waals surface area contributed by atoms with E-state index in [4.69, 9.17) is 18.9 Å². The van der Waals surface area contributed by atoms with Crippen molar-refractivity contribution in [3.05, 3.63) is 59.7 Å². The van der Waals surface area contributed by atoms with E-state index in [1.165, 1.54) is 7.11 Å². The van der Waals surface area contributed by atoms with Gasteiger partial charge < -0.3 is 18.9 Å². The van der Waals surface area contributed by atoms with Gasteiger partial charge in [0.2, 0.25) is 0 Å². The van der Waals surface area contributed by atoms with Gasteiger partial charge in [-0.3, -0.25) is 0 Å². The molecule has 27 heavy (non-hydrogen) atoms. The standard InChI is InChI=1S/C22H26O5/c1-4-9-17-12-13-20(21(16-17)24-2)27-15-8-7-14-26-19-11-6-5-10-18(19)22(23)25-3/h4-6,9-13,16H,7-8,14-15H2,1-3H3/b9-4+. The highest BCUT2D eigenvalue weighted by atomic mass is 16.5. The van der Waals surface area contributed by atoms with Crippen LogP contribution in [-0.4, -0.2) is 33.4 Å². The molecule has 5 heteroatoms. The first-order valence-electron chi connectivity index (χ1n) is 8.93. The lowest BCUT2D eigenvalue weighted by molar-refractivity contribution is 0.0596. The number of unbranched alkanes of at least 4 members (excludes halogenated alkanes) is 1. The topological polar surface area (TPSA) is 54.0 Å². The van der Waals surface area contributed by atoms with E-state index in [1.54, 1.807) is 25.3 Å². The molecule has 0 saturated carbocycles. The maximum absolute atomic E-state index is 11.7. The molecule has 0 unspecified atom stereocenters. The van der Waals surface area contributed by atoms with Gasteiger partial charge in [0.15, 0.2) is 11.5 Å². The number of esters is 1. The number of methoxy groups -OCH3 is 2. The van der Waals surface area contributed by atoms with Gasteiger partial charge >= 0.3 is 5.97 Å². The van der Waals surface area contributed by atoms with Crippen molar-refractivity contribution in [1.82, 2.24) is 0 Å². The van der Waals surface area contributed by atoms with Gasteiger partial charge in [0.25, 0.3) is 0 Å². The molecule has 0 aromatic heterocycles. The van der Waals surface area contributed by atoms with Crippen LogP contribution < -0.4 is 14.2 Å². The number of rotatable bonds is 10. The Morgan fingerprint density at radius 2 is 1.63 bits per heavy atom. The third kappa shape index (κ3) is 6.06. The van der Waals surface area contributed by atoms with Crippen molar-refractivity contribution in [3.63, 3.8) is 0 Å². The SMILES string of the molecule is C/C=C/c1ccc(OCCCCOc2ccccc2C(=O)OC)c(OC)c1. The average molecular weight is 370 g/mol. The Hall–Kier alpha value is -2.95. The smallest absolute Gasteiger partial charge is 0.341 e. The second-order valence-electron chi connectivity index (χ2n) is 5.80. The van der Waals surface area contributed by atoms with Crippen LogP contribution in [0.25, 0.3) is 6.08 Å². The molecule has 2 rings (SSSR count). The van der Waals surface area contributed by atoms with E-state index in [0.717, 1.165) is 24.2 Å². The first-order chi connectivity index (χ1) is 13.2. The highest BCUT2D eigenvalue weighted by Gasteiger charge is 2.11. The van der Waals surface area contributed by atoms with Gasteiger partial charge in [0.1, 0.15) is 11.3 Å². The number of benzene rings is 2. The van der Waals surface area contributed by atoms with E-state index in [9.17, 15) is 4.79 Å². The zero-order chi connectivity index (χ0) is 19.5. The molecule has 0 fully saturated rings. The van der Waals surface area contributed by atoms with E-state index >= 15 is 0 Å². The summed E-state index contributed by atoms with van der Waals surface area (Å²) in [7, 11) is 2.99. The fourth-order valence-electron chi connectivity index (χ4n) is 2.54. The first kappa shape index (κ1) is 20.4. The van der Waals surface area contributed by atoms with Gasteiger partial charge in [-0.05, 0) is 49.6 Å². The second-order valence-corrected chi connectivity index (χ2v) is 5.80. The third-order valence-corrected chi connectivity index (χ3v) is 3.89. The summed E-state index contributed by atoms with van der Waals surface area (Å²) in [4.78, 5) is 11.7. The van der Waals surface area contributed by atoms with Crippen LogP contribution in [0, 0.1) is 0 Å². The number of allylic oxidation sites excluding steroid dienone is 1. The van der Waals surface area contributed by atoms with Crippen LogP contribution in [-0.2, 0) is 4.74 Å². The molecule has 0 amide bonds. The van der Waals surface area contributed by atoms with Crippen molar-refractivity contribution in [3.8, 4) is 17.2 Å². The molecular formula is C22H26O5. The van der Waals surface area contributed by atoms with Gasteiger partial charge in [0, 0.05) is 0 Å². The molecule has 0 heterocycles. The van der Waals surface area contributed by atoms with Crippen molar-refractivity contribution >= 4 is 12.0 Å². The zero-order valence-corrected chi connectivity index (χ0v) is 16.1. The molecule has 0 radical (unpaired) electrons. The second kappa shape index (κ2) is 10.9. The maximum atomic E-state index is 11.7. The minimum absolute atomic E-state index is 0.401. The van der Waals surface area contributed by atoms with Crippen LogP contribution in [0.5, 0.6) is 17.2 Å². The van der Waals surface area contributed by atoms with Crippen molar-refractivity contribution in [2.75, 3.05) is 27.4 Å². The van der Waals surface area contributed by atoms with E-state index in [1.807, 2.05) is 43.3 Å². The molecule has 0 spiro atoms. The minimum Gasteiger partial charge on any atom is -0.493 e. The molecule has 2 aromatic carbocycles. The van der Waals surface area contributed by atoms with Crippen LogP contribution in [0.3, 0.4) is 0 Å². The zero-order valence-electron chi connectivity index (χ0n) is 16.1. The quantitative estimate of drug-likeness (QED) is 0.446. The van der Waals surface area contributed by atoms with Crippen LogP contribution in [0.1, 0.15) is 35.7 Å². The maximum Gasteiger partial charge on any atom is 0.341 e. The summed E-state index contributed by atoms with van der Waals surface area (Å²) in [5, 5.41) is 0.